The van der Waals surface area contributed by atoms with Gasteiger partial charge in [-0.25, -0.2) is 4.79 Å². The lowest BCUT2D eigenvalue weighted by Gasteiger charge is -2.50. The molecule has 0 saturated carbocycles. The zero-order valence-electron chi connectivity index (χ0n) is 14.9. The predicted molar refractivity (Wildman–Crippen MR) is 85.9 cm³/mol. The third kappa shape index (κ3) is 4.30. The smallest absolute Gasteiger partial charge is 0.481 e. The van der Waals surface area contributed by atoms with Gasteiger partial charge in [0, 0.05) is 27.8 Å². The van der Waals surface area contributed by atoms with Gasteiger partial charge in [-0.15, -0.1) is 0 Å². The van der Waals surface area contributed by atoms with Gasteiger partial charge in [-0.1, -0.05) is 6.92 Å². The zero-order valence-corrected chi connectivity index (χ0v) is 15.9. The quantitative estimate of drug-likeness (QED) is 0.398. The Hall–Kier alpha value is -1.00. The maximum atomic E-state index is 11.8. The average molecular weight is 352 g/mol. The zero-order chi connectivity index (χ0) is 18.3. The van der Waals surface area contributed by atoms with Crippen LogP contribution >= 0.6 is 0 Å². The van der Waals surface area contributed by atoms with Crippen molar-refractivity contribution in [3.05, 3.63) is 0 Å². The first-order valence-corrected chi connectivity index (χ1v) is 9.51. The molecule has 2 N–H and O–H groups in total. The Morgan fingerprint density at radius 3 is 1.65 bits per heavy atom. The molecule has 9 heteroatoms. The van der Waals surface area contributed by atoms with E-state index in [-0.39, 0.29) is 10.1 Å². The maximum absolute atomic E-state index is 11.8. The molecule has 2 unspecified atom stereocenters. The van der Waals surface area contributed by atoms with Gasteiger partial charge in [0.15, 0.2) is 11.7 Å². The fourth-order valence-electron chi connectivity index (χ4n) is 3.56. The van der Waals surface area contributed by atoms with Gasteiger partial charge in [-0.05, 0) is 13.8 Å². The van der Waals surface area contributed by atoms with Crippen molar-refractivity contribution < 1.29 is 37.6 Å². The van der Waals surface area contributed by atoms with Crippen molar-refractivity contribution in [2.45, 2.75) is 45.3 Å². The summed E-state index contributed by atoms with van der Waals surface area (Å²) in [4.78, 5) is 23.0. The fraction of sp³-hybridized carbons (Fsp3) is 0.857. The van der Waals surface area contributed by atoms with Crippen LogP contribution in [0.2, 0.25) is 0 Å². The van der Waals surface area contributed by atoms with E-state index in [2.05, 4.69) is 0 Å². The SMILES string of the molecule is CCC([N+](CC)(CC)C(CC(=O)O)C(=O)O)[Si](OC)(OC)OC. The predicted octanol–water partition coefficient (Wildman–Crippen LogP) is 0.967. The number of carboxylic acids is 2. The van der Waals surface area contributed by atoms with Crippen molar-refractivity contribution in [1.29, 1.82) is 0 Å². The number of carbonyl (C=O) groups is 2. The molecule has 2 atom stereocenters. The monoisotopic (exact) mass is 352 g/mol. The fourth-order valence-corrected chi connectivity index (χ4v) is 6.55. The first-order valence-electron chi connectivity index (χ1n) is 7.71. The van der Waals surface area contributed by atoms with Gasteiger partial charge in [0.2, 0.25) is 0 Å². The van der Waals surface area contributed by atoms with Gasteiger partial charge in [-0.2, -0.15) is 0 Å². The topological polar surface area (TPSA) is 102 Å². The summed E-state index contributed by atoms with van der Waals surface area (Å²) in [6.45, 7) is 6.48. The minimum atomic E-state index is -3.17. The second-order valence-electron chi connectivity index (χ2n) is 5.33. The molecule has 0 aromatic rings. The second kappa shape index (κ2) is 9.33. The molecule has 23 heavy (non-hydrogen) atoms. The Bertz CT molecular complexity index is 388. The highest BCUT2D eigenvalue weighted by Gasteiger charge is 2.61. The van der Waals surface area contributed by atoms with Crippen LogP contribution in [0, 0.1) is 0 Å². The van der Waals surface area contributed by atoms with Crippen LogP contribution < -0.4 is 0 Å². The van der Waals surface area contributed by atoms with Gasteiger partial charge in [0.25, 0.3) is 0 Å². The minimum absolute atomic E-state index is 0.0415. The molecule has 0 aliphatic heterocycles. The van der Waals surface area contributed by atoms with Crippen LogP contribution in [0.4, 0.5) is 0 Å². The van der Waals surface area contributed by atoms with Gasteiger partial charge >= 0.3 is 20.7 Å². The van der Waals surface area contributed by atoms with E-state index in [9.17, 15) is 14.7 Å². The van der Waals surface area contributed by atoms with Crippen LogP contribution in [-0.2, 0) is 22.9 Å². The van der Waals surface area contributed by atoms with Crippen LogP contribution in [0.1, 0.15) is 33.6 Å². The lowest BCUT2D eigenvalue weighted by molar-refractivity contribution is -0.954. The molecule has 0 bridgehead atoms. The third-order valence-electron chi connectivity index (χ3n) is 4.72. The van der Waals surface area contributed by atoms with Crippen LogP contribution in [0.15, 0.2) is 0 Å². The molecular formula is C14H30NO7Si+. The van der Waals surface area contributed by atoms with E-state index in [1.165, 1.54) is 21.3 Å². The van der Waals surface area contributed by atoms with Gasteiger partial charge in [0.1, 0.15) is 6.42 Å². The Morgan fingerprint density at radius 2 is 1.43 bits per heavy atom. The van der Waals surface area contributed by atoms with E-state index in [4.69, 9.17) is 18.4 Å². The number of aliphatic carboxylic acids is 2. The number of quaternary nitrogens is 1. The summed E-state index contributed by atoms with van der Waals surface area (Å²) in [6.07, 6.45) is 0.0853. The van der Waals surface area contributed by atoms with E-state index >= 15 is 0 Å². The lowest BCUT2D eigenvalue weighted by atomic mass is 10.1. The Labute approximate surface area is 138 Å². The molecule has 0 aromatic carbocycles. The number of likely N-dealkylation sites (N-methyl/N-ethyl adjacent to an activating group) is 1. The summed E-state index contributed by atoms with van der Waals surface area (Å²) < 4.78 is 16.8. The first kappa shape index (κ1) is 22.0. The van der Waals surface area contributed by atoms with E-state index < -0.39 is 33.2 Å². The van der Waals surface area contributed by atoms with Crippen LogP contribution in [0.25, 0.3) is 0 Å². The average Bonchev–Trinajstić information content (AvgIpc) is 2.54. The molecule has 0 aliphatic carbocycles. The van der Waals surface area contributed by atoms with Crippen LogP contribution in [-0.4, -0.2) is 81.6 Å². The molecule has 0 spiro atoms. The lowest BCUT2D eigenvalue weighted by Crippen LogP contribution is -2.74. The van der Waals surface area contributed by atoms with E-state index in [0.717, 1.165) is 0 Å². The van der Waals surface area contributed by atoms with Crippen LogP contribution in [0.5, 0.6) is 0 Å². The number of hydrogen-bond acceptors (Lipinski definition) is 5. The molecule has 8 nitrogen and oxygen atoms in total. The summed E-state index contributed by atoms with van der Waals surface area (Å²) in [6, 6.07) is -1.10. The highest BCUT2D eigenvalue weighted by molar-refractivity contribution is 6.62. The molecule has 0 fully saturated rings. The van der Waals surface area contributed by atoms with Crippen LogP contribution in [0.3, 0.4) is 0 Å². The highest BCUT2D eigenvalue weighted by Crippen LogP contribution is 2.31. The van der Waals surface area contributed by atoms with E-state index in [0.29, 0.717) is 19.5 Å². The van der Waals surface area contributed by atoms with Crippen molar-refractivity contribution in [1.82, 2.24) is 0 Å². The molecule has 136 valence electrons. The molecule has 0 aromatic heterocycles. The largest absolute Gasteiger partial charge is 0.561 e. The first-order chi connectivity index (χ1) is 10.7. The molecular weight excluding hydrogens is 322 g/mol. The van der Waals surface area contributed by atoms with Crippen molar-refractivity contribution >= 4 is 20.7 Å². The highest BCUT2D eigenvalue weighted by atomic mass is 28.4. The number of carboxylic acid groups (broad SMARTS) is 2. The minimum Gasteiger partial charge on any atom is -0.481 e. The summed E-state index contributed by atoms with van der Waals surface area (Å²) in [5.74, 6) is -2.28. The standard InChI is InChI=1S/C14H29NO7Si/c1-7-12(23(20-4,21-5)22-6)15(8-2,9-3)11(14(18)19)10-13(16)17/h11-12H,7-10H2,1-6H3,(H-,16,17,18,19)/p+1. The van der Waals surface area contributed by atoms with Crippen molar-refractivity contribution in [3.63, 3.8) is 0 Å². The Kier molecular flexibility index (Phi) is 8.92. The van der Waals surface area contributed by atoms with E-state index in [1.54, 1.807) is 0 Å². The Morgan fingerprint density at radius 1 is 1.00 bits per heavy atom. The van der Waals surface area contributed by atoms with Gasteiger partial charge < -0.3 is 28.0 Å². The molecule has 0 aliphatic rings. The molecule has 0 amide bonds. The second-order valence-corrected chi connectivity index (χ2v) is 8.43. The third-order valence-corrected chi connectivity index (χ3v) is 8.17. The normalized spacial score (nSPS) is 15.2. The van der Waals surface area contributed by atoms with Crippen molar-refractivity contribution in [2.75, 3.05) is 34.4 Å². The molecule has 0 rings (SSSR count). The summed E-state index contributed by atoms with van der Waals surface area (Å²) in [5, 5.41) is 18.8. The summed E-state index contributed by atoms with van der Waals surface area (Å²) >= 11 is 0. The number of nitrogens with zero attached hydrogens (tertiary/aromatic N) is 1. The van der Waals surface area contributed by atoms with Gasteiger partial charge in [0.05, 0.1) is 13.1 Å². The summed E-state index contributed by atoms with van der Waals surface area (Å²) in [5.41, 5.74) is -0.377. The number of hydrogen-bond donors (Lipinski definition) is 2. The number of rotatable bonds is 12. The molecule has 0 radical (unpaired) electrons. The Balaban J connectivity index is 6.22. The van der Waals surface area contributed by atoms with E-state index in [1.807, 2.05) is 20.8 Å². The maximum Gasteiger partial charge on any atom is 0.561 e. The van der Waals surface area contributed by atoms with Crippen molar-refractivity contribution in [2.24, 2.45) is 0 Å². The van der Waals surface area contributed by atoms with Gasteiger partial charge in [-0.3, -0.25) is 4.79 Å². The summed E-state index contributed by atoms with van der Waals surface area (Å²) in [7, 11) is 1.28. The molecule has 0 saturated heterocycles. The molecule has 0 heterocycles. The van der Waals surface area contributed by atoms with Crippen molar-refractivity contribution in [3.8, 4) is 0 Å².